The van der Waals surface area contributed by atoms with Gasteiger partial charge in [-0.25, -0.2) is 4.98 Å². The first kappa shape index (κ1) is 7.99. The van der Waals surface area contributed by atoms with Crippen LogP contribution in [0.3, 0.4) is 0 Å². The van der Waals surface area contributed by atoms with Crippen LogP contribution in [0.4, 0.5) is 0 Å². The third-order valence-corrected chi connectivity index (χ3v) is 2.73. The number of nitrogens with zero attached hydrogens (tertiary/aromatic N) is 1. The summed E-state index contributed by atoms with van der Waals surface area (Å²) < 4.78 is 10.5. The van der Waals surface area contributed by atoms with Crippen molar-refractivity contribution >= 4 is 22.8 Å². The van der Waals surface area contributed by atoms with Crippen molar-refractivity contribution in [1.82, 2.24) is 9.97 Å². The zero-order valence-electron chi connectivity index (χ0n) is 7.53. The average Bonchev–Trinajstić information content (AvgIpc) is 2.77. The Morgan fingerprint density at radius 2 is 2.14 bits per heavy atom. The molecule has 1 aliphatic rings. The lowest BCUT2D eigenvalue weighted by molar-refractivity contribution is 0.174. The number of thioether (sulfide) groups is 1. The highest BCUT2D eigenvalue weighted by Gasteiger charge is 2.15. The predicted molar refractivity (Wildman–Crippen MR) is 54.0 cm³/mol. The molecule has 14 heavy (non-hydrogen) atoms. The average molecular weight is 208 g/mol. The molecule has 3 rings (SSSR count). The summed E-state index contributed by atoms with van der Waals surface area (Å²) in [5.74, 6) is 1.56. The molecule has 0 unspecified atom stereocenters. The highest BCUT2D eigenvalue weighted by atomic mass is 32.2. The zero-order valence-corrected chi connectivity index (χ0v) is 8.35. The standard InChI is InChI=1S/C9H8N2O2S/c1-14-9-10-5-2-7-8(13-4-12-7)3-6(5)11-9/h2-3H,4H2,1H3,(H,10,11). The molecule has 0 bridgehead atoms. The summed E-state index contributed by atoms with van der Waals surface area (Å²) in [5.41, 5.74) is 1.90. The molecule has 72 valence electrons. The lowest BCUT2D eigenvalue weighted by atomic mass is 10.3. The number of fused-ring (bicyclic) bond motifs is 2. The van der Waals surface area contributed by atoms with E-state index < -0.39 is 0 Å². The number of aromatic nitrogens is 2. The second kappa shape index (κ2) is 2.81. The van der Waals surface area contributed by atoms with Crippen LogP contribution in [-0.4, -0.2) is 23.0 Å². The number of rotatable bonds is 1. The highest BCUT2D eigenvalue weighted by molar-refractivity contribution is 7.98. The van der Waals surface area contributed by atoms with Gasteiger partial charge in [0.1, 0.15) is 0 Å². The van der Waals surface area contributed by atoms with Gasteiger partial charge < -0.3 is 14.5 Å². The maximum atomic E-state index is 5.27. The summed E-state index contributed by atoms with van der Waals surface area (Å²) in [6.07, 6.45) is 1.98. The first-order chi connectivity index (χ1) is 6.86. The van der Waals surface area contributed by atoms with Crippen LogP contribution in [0.15, 0.2) is 17.3 Å². The molecule has 1 aliphatic heterocycles. The molecule has 0 aliphatic carbocycles. The van der Waals surface area contributed by atoms with E-state index in [9.17, 15) is 0 Å². The van der Waals surface area contributed by atoms with Gasteiger partial charge in [0.25, 0.3) is 0 Å². The Morgan fingerprint density at radius 1 is 1.36 bits per heavy atom. The molecule has 0 spiro atoms. The van der Waals surface area contributed by atoms with Crippen molar-refractivity contribution in [3.05, 3.63) is 12.1 Å². The zero-order chi connectivity index (χ0) is 9.54. The van der Waals surface area contributed by atoms with Gasteiger partial charge in [-0.1, -0.05) is 11.8 Å². The third kappa shape index (κ3) is 1.05. The van der Waals surface area contributed by atoms with Gasteiger partial charge in [-0.3, -0.25) is 0 Å². The fourth-order valence-electron chi connectivity index (χ4n) is 1.47. The molecule has 0 fully saturated rings. The summed E-state index contributed by atoms with van der Waals surface area (Å²) in [5, 5.41) is 0.906. The van der Waals surface area contributed by atoms with E-state index in [1.54, 1.807) is 11.8 Å². The number of H-pyrrole nitrogens is 1. The Bertz CT molecular complexity index is 454. The van der Waals surface area contributed by atoms with Crippen LogP contribution in [0.1, 0.15) is 0 Å². The van der Waals surface area contributed by atoms with Gasteiger partial charge in [0, 0.05) is 12.1 Å². The summed E-state index contributed by atoms with van der Waals surface area (Å²) >= 11 is 1.58. The largest absolute Gasteiger partial charge is 0.454 e. The van der Waals surface area contributed by atoms with E-state index in [1.807, 2.05) is 18.4 Å². The van der Waals surface area contributed by atoms with Crippen molar-refractivity contribution in [3.8, 4) is 11.5 Å². The van der Waals surface area contributed by atoms with Crippen LogP contribution >= 0.6 is 11.8 Å². The Kier molecular flexibility index (Phi) is 1.61. The van der Waals surface area contributed by atoms with Gasteiger partial charge >= 0.3 is 0 Å². The first-order valence-electron chi connectivity index (χ1n) is 4.20. The molecule has 4 nitrogen and oxygen atoms in total. The van der Waals surface area contributed by atoms with Crippen LogP contribution in [0, 0.1) is 0 Å². The minimum absolute atomic E-state index is 0.303. The van der Waals surface area contributed by atoms with Crippen LogP contribution in [0.5, 0.6) is 11.5 Å². The molecular weight excluding hydrogens is 200 g/mol. The van der Waals surface area contributed by atoms with E-state index >= 15 is 0 Å². The maximum Gasteiger partial charge on any atom is 0.231 e. The van der Waals surface area contributed by atoms with Crippen molar-refractivity contribution in [1.29, 1.82) is 0 Å². The molecule has 2 heterocycles. The van der Waals surface area contributed by atoms with Crippen LogP contribution in [0.2, 0.25) is 0 Å². The Hall–Kier alpha value is -1.36. The van der Waals surface area contributed by atoms with Gasteiger partial charge in [0.2, 0.25) is 6.79 Å². The van der Waals surface area contributed by atoms with Crippen molar-refractivity contribution < 1.29 is 9.47 Å². The van der Waals surface area contributed by atoms with Crippen molar-refractivity contribution in [2.75, 3.05) is 13.0 Å². The number of benzene rings is 1. The third-order valence-electron chi connectivity index (χ3n) is 2.15. The van der Waals surface area contributed by atoms with E-state index in [2.05, 4.69) is 9.97 Å². The topological polar surface area (TPSA) is 47.1 Å². The number of hydrogen-bond acceptors (Lipinski definition) is 4. The van der Waals surface area contributed by atoms with E-state index in [-0.39, 0.29) is 0 Å². The lowest BCUT2D eigenvalue weighted by Gasteiger charge is -1.93. The normalized spacial score (nSPS) is 13.8. The summed E-state index contributed by atoms with van der Waals surface area (Å²) in [7, 11) is 0. The van der Waals surface area contributed by atoms with Gasteiger partial charge in [0.05, 0.1) is 11.0 Å². The fraction of sp³-hybridized carbons (Fsp3) is 0.222. The van der Waals surface area contributed by atoms with Crippen molar-refractivity contribution in [2.45, 2.75) is 5.16 Å². The molecule has 0 saturated heterocycles. The summed E-state index contributed by atoms with van der Waals surface area (Å²) in [6.45, 7) is 0.303. The number of nitrogens with one attached hydrogen (secondary N) is 1. The molecule has 1 N–H and O–H groups in total. The van der Waals surface area contributed by atoms with E-state index in [0.717, 1.165) is 27.7 Å². The quantitative estimate of drug-likeness (QED) is 0.728. The van der Waals surface area contributed by atoms with Gasteiger partial charge in [-0.05, 0) is 6.26 Å². The SMILES string of the molecule is CSc1nc2cc3c(cc2[nH]1)OCO3. The number of hydrogen-bond donors (Lipinski definition) is 1. The Labute approximate surface area is 84.6 Å². The molecule has 5 heteroatoms. The maximum absolute atomic E-state index is 5.27. The van der Waals surface area contributed by atoms with E-state index in [1.165, 1.54) is 0 Å². The molecule has 0 saturated carbocycles. The molecule has 0 amide bonds. The minimum Gasteiger partial charge on any atom is -0.454 e. The number of aromatic amines is 1. The summed E-state index contributed by atoms with van der Waals surface area (Å²) in [6, 6.07) is 3.82. The molecule has 0 atom stereocenters. The van der Waals surface area contributed by atoms with Crippen LogP contribution in [0.25, 0.3) is 11.0 Å². The highest BCUT2D eigenvalue weighted by Crippen LogP contribution is 2.35. The second-order valence-electron chi connectivity index (χ2n) is 2.97. The Balaban J connectivity index is 2.25. The van der Waals surface area contributed by atoms with E-state index in [0.29, 0.717) is 6.79 Å². The van der Waals surface area contributed by atoms with Crippen molar-refractivity contribution in [3.63, 3.8) is 0 Å². The van der Waals surface area contributed by atoms with Crippen LogP contribution in [-0.2, 0) is 0 Å². The number of ether oxygens (including phenoxy) is 2. The van der Waals surface area contributed by atoms with E-state index in [4.69, 9.17) is 9.47 Å². The molecule has 0 radical (unpaired) electrons. The molecule has 1 aromatic heterocycles. The first-order valence-corrected chi connectivity index (χ1v) is 5.42. The van der Waals surface area contributed by atoms with Crippen LogP contribution < -0.4 is 9.47 Å². The minimum atomic E-state index is 0.303. The van der Waals surface area contributed by atoms with Gasteiger partial charge in [-0.2, -0.15) is 0 Å². The number of imidazole rings is 1. The van der Waals surface area contributed by atoms with Gasteiger partial charge in [0.15, 0.2) is 16.7 Å². The second-order valence-corrected chi connectivity index (χ2v) is 3.76. The summed E-state index contributed by atoms with van der Waals surface area (Å²) in [4.78, 5) is 7.57. The molecule has 2 aromatic rings. The van der Waals surface area contributed by atoms with Crippen molar-refractivity contribution in [2.24, 2.45) is 0 Å². The molecule has 1 aromatic carbocycles. The Morgan fingerprint density at radius 3 is 2.93 bits per heavy atom. The smallest absolute Gasteiger partial charge is 0.231 e. The lowest BCUT2D eigenvalue weighted by Crippen LogP contribution is -1.92. The monoisotopic (exact) mass is 208 g/mol. The fourth-order valence-corrected chi connectivity index (χ4v) is 1.87. The molecular formula is C9H8N2O2S. The van der Waals surface area contributed by atoms with Gasteiger partial charge in [-0.15, -0.1) is 0 Å². The predicted octanol–water partition coefficient (Wildman–Crippen LogP) is 2.01.